The van der Waals surface area contributed by atoms with Crippen molar-refractivity contribution in [2.24, 2.45) is 5.73 Å². The topological polar surface area (TPSA) is 35.2 Å². The molecule has 0 amide bonds. The van der Waals surface area contributed by atoms with Crippen LogP contribution in [0.3, 0.4) is 0 Å². The minimum atomic E-state index is 0.314. The normalized spacial score (nSPS) is 23.6. The zero-order chi connectivity index (χ0) is 11.7. The van der Waals surface area contributed by atoms with E-state index in [2.05, 4.69) is 24.3 Å². The Labute approximate surface area is 103 Å². The van der Waals surface area contributed by atoms with E-state index in [-0.39, 0.29) is 0 Å². The fourth-order valence-corrected chi connectivity index (χ4v) is 3.08. The van der Waals surface area contributed by atoms with Crippen molar-refractivity contribution in [3.63, 3.8) is 0 Å². The summed E-state index contributed by atoms with van der Waals surface area (Å²) in [6.07, 6.45) is 4.86. The van der Waals surface area contributed by atoms with Crippen molar-refractivity contribution >= 4 is 0 Å². The highest BCUT2D eigenvalue weighted by molar-refractivity contribution is 5.41. The van der Waals surface area contributed by atoms with Gasteiger partial charge in [-0.3, -0.25) is 0 Å². The van der Waals surface area contributed by atoms with Gasteiger partial charge in [-0.1, -0.05) is 24.3 Å². The van der Waals surface area contributed by atoms with Gasteiger partial charge in [-0.05, 0) is 42.7 Å². The van der Waals surface area contributed by atoms with E-state index in [1.807, 2.05) is 0 Å². The van der Waals surface area contributed by atoms with Gasteiger partial charge in [-0.25, -0.2) is 0 Å². The van der Waals surface area contributed by atoms with Crippen LogP contribution in [0.5, 0.6) is 0 Å². The van der Waals surface area contributed by atoms with Gasteiger partial charge in [0.05, 0.1) is 0 Å². The van der Waals surface area contributed by atoms with Crippen molar-refractivity contribution < 1.29 is 4.74 Å². The Bertz CT molecular complexity index is 392. The standard InChI is InChI=1S/C15H21NO/c16-11-15(7-8-15)14-4-2-1-3-13(14)12-5-9-17-10-6-12/h1-4,12H,5-11,16H2. The summed E-state index contributed by atoms with van der Waals surface area (Å²) in [5.74, 6) is 0.684. The van der Waals surface area contributed by atoms with Crippen molar-refractivity contribution in [1.29, 1.82) is 0 Å². The molecular formula is C15H21NO. The predicted molar refractivity (Wildman–Crippen MR) is 69.2 cm³/mol. The molecule has 1 heterocycles. The van der Waals surface area contributed by atoms with Gasteiger partial charge < -0.3 is 10.5 Å². The first-order chi connectivity index (χ1) is 8.36. The van der Waals surface area contributed by atoms with Crippen molar-refractivity contribution in [2.75, 3.05) is 19.8 Å². The lowest BCUT2D eigenvalue weighted by molar-refractivity contribution is 0.0850. The maximum Gasteiger partial charge on any atom is 0.0471 e. The quantitative estimate of drug-likeness (QED) is 0.867. The van der Waals surface area contributed by atoms with Crippen LogP contribution < -0.4 is 5.73 Å². The van der Waals surface area contributed by atoms with E-state index in [4.69, 9.17) is 10.5 Å². The van der Waals surface area contributed by atoms with Crippen molar-refractivity contribution in [3.8, 4) is 0 Å². The molecule has 1 saturated carbocycles. The highest BCUT2D eigenvalue weighted by Crippen LogP contribution is 2.50. The first kappa shape index (κ1) is 11.2. The summed E-state index contributed by atoms with van der Waals surface area (Å²) < 4.78 is 5.46. The van der Waals surface area contributed by atoms with Gasteiger partial charge in [0, 0.05) is 25.2 Å². The van der Waals surface area contributed by atoms with Gasteiger partial charge in [-0.15, -0.1) is 0 Å². The average molecular weight is 231 g/mol. The maximum atomic E-state index is 5.97. The predicted octanol–water partition coefficient (Wildman–Crippen LogP) is 2.57. The van der Waals surface area contributed by atoms with Gasteiger partial charge in [0.25, 0.3) is 0 Å². The molecule has 0 unspecified atom stereocenters. The Morgan fingerprint density at radius 2 is 1.88 bits per heavy atom. The lowest BCUT2D eigenvalue weighted by Crippen LogP contribution is -2.23. The average Bonchev–Trinajstić information content (AvgIpc) is 3.21. The number of ether oxygens (including phenoxy) is 1. The van der Waals surface area contributed by atoms with Crippen molar-refractivity contribution in [1.82, 2.24) is 0 Å². The minimum absolute atomic E-state index is 0.314. The third kappa shape index (κ3) is 2.00. The summed E-state index contributed by atoms with van der Waals surface area (Å²) in [6.45, 7) is 2.62. The molecule has 1 aromatic rings. The second-order valence-electron chi connectivity index (χ2n) is 5.46. The maximum absolute atomic E-state index is 5.97. The van der Waals surface area contributed by atoms with Crippen LogP contribution in [0.15, 0.2) is 24.3 Å². The van der Waals surface area contributed by atoms with Crippen molar-refractivity contribution in [2.45, 2.75) is 37.0 Å². The molecular weight excluding hydrogens is 210 g/mol. The second kappa shape index (κ2) is 4.43. The summed E-state index contributed by atoms with van der Waals surface area (Å²) in [4.78, 5) is 0. The van der Waals surface area contributed by atoms with E-state index in [1.54, 1.807) is 5.56 Å². The number of benzene rings is 1. The number of nitrogens with two attached hydrogens (primary N) is 1. The molecule has 1 saturated heterocycles. The Hall–Kier alpha value is -0.860. The SMILES string of the molecule is NCC1(c2ccccc2C2CCOCC2)CC1. The minimum Gasteiger partial charge on any atom is -0.381 e. The zero-order valence-corrected chi connectivity index (χ0v) is 10.3. The molecule has 2 aliphatic rings. The molecule has 0 bridgehead atoms. The summed E-state index contributed by atoms with van der Waals surface area (Å²) in [5.41, 5.74) is 9.35. The molecule has 2 heteroatoms. The first-order valence-electron chi connectivity index (χ1n) is 6.73. The molecule has 2 fully saturated rings. The molecule has 3 rings (SSSR count). The van der Waals surface area contributed by atoms with E-state index in [0.717, 1.165) is 32.6 Å². The van der Waals surface area contributed by atoms with Crippen LogP contribution in [0.25, 0.3) is 0 Å². The second-order valence-corrected chi connectivity index (χ2v) is 5.46. The monoisotopic (exact) mass is 231 g/mol. The van der Waals surface area contributed by atoms with Crippen LogP contribution in [-0.4, -0.2) is 19.8 Å². The third-order valence-electron chi connectivity index (χ3n) is 4.44. The summed E-state index contributed by atoms with van der Waals surface area (Å²) in [5, 5.41) is 0. The van der Waals surface area contributed by atoms with Gasteiger partial charge in [0.15, 0.2) is 0 Å². The van der Waals surface area contributed by atoms with Crippen LogP contribution in [0.4, 0.5) is 0 Å². The van der Waals surface area contributed by atoms with Crippen LogP contribution >= 0.6 is 0 Å². The molecule has 2 N–H and O–H groups in total. The number of hydrogen-bond donors (Lipinski definition) is 1. The fourth-order valence-electron chi connectivity index (χ4n) is 3.08. The van der Waals surface area contributed by atoms with E-state index in [9.17, 15) is 0 Å². The summed E-state index contributed by atoms with van der Waals surface area (Å²) in [7, 11) is 0. The van der Waals surface area contributed by atoms with Gasteiger partial charge in [-0.2, -0.15) is 0 Å². The lowest BCUT2D eigenvalue weighted by atomic mass is 9.82. The molecule has 2 nitrogen and oxygen atoms in total. The number of hydrogen-bond acceptors (Lipinski definition) is 2. The summed E-state index contributed by atoms with van der Waals surface area (Å²) >= 11 is 0. The molecule has 0 atom stereocenters. The molecule has 0 radical (unpaired) electrons. The van der Waals surface area contributed by atoms with Gasteiger partial charge in [0.2, 0.25) is 0 Å². The van der Waals surface area contributed by atoms with Crippen LogP contribution in [0.2, 0.25) is 0 Å². The number of rotatable bonds is 3. The molecule has 17 heavy (non-hydrogen) atoms. The van der Waals surface area contributed by atoms with Crippen LogP contribution in [0, 0.1) is 0 Å². The molecule has 0 spiro atoms. The Kier molecular flexibility index (Phi) is 2.93. The van der Waals surface area contributed by atoms with E-state index in [0.29, 0.717) is 11.3 Å². The molecule has 1 aromatic carbocycles. The van der Waals surface area contributed by atoms with Gasteiger partial charge in [0.1, 0.15) is 0 Å². The highest BCUT2D eigenvalue weighted by Gasteiger charge is 2.44. The van der Waals surface area contributed by atoms with E-state index in [1.165, 1.54) is 18.4 Å². The van der Waals surface area contributed by atoms with Crippen LogP contribution in [0.1, 0.15) is 42.7 Å². The molecule has 1 aliphatic carbocycles. The van der Waals surface area contributed by atoms with Crippen molar-refractivity contribution in [3.05, 3.63) is 35.4 Å². The first-order valence-corrected chi connectivity index (χ1v) is 6.73. The largest absolute Gasteiger partial charge is 0.381 e. The Morgan fingerprint density at radius 1 is 1.18 bits per heavy atom. The molecule has 92 valence electrons. The molecule has 1 aliphatic heterocycles. The zero-order valence-electron chi connectivity index (χ0n) is 10.3. The summed E-state index contributed by atoms with van der Waals surface area (Å²) in [6, 6.07) is 8.93. The fraction of sp³-hybridized carbons (Fsp3) is 0.600. The van der Waals surface area contributed by atoms with E-state index >= 15 is 0 Å². The van der Waals surface area contributed by atoms with Crippen LogP contribution in [-0.2, 0) is 10.2 Å². The third-order valence-corrected chi connectivity index (χ3v) is 4.44. The van der Waals surface area contributed by atoms with Gasteiger partial charge >= 0.3 is 0 Å². The van der Waals surface area contributed by atoms with E-state index < -0.39 is 0 Å². The molecule has 0 aromatic heterocycles. The highest BCUT2D eigenvalue weighted by atomic mass is 16.5. The Morgan fingerprint density at radius 3 is 2.53 bits per heavy atom. The lowest BCUT2D eigenvalue weighted by Gasteiger charge is -2.27. The smallest absolute Gasteiger partial charge is 0.0471 e. The Balaban J connectivity index is 1.93.